The van der Waals surface area contributed by atoms with Crippen molar-refractivity contribution in [1.82, 2.24) is 0 Å². The van der Waals surface area contributed by atoms with Gasteiger partial charge in [0.05, 0.1) is 0 Å². The summed E-state index contributed by atoms with van der Waals surface area (Å²) in [4.78, 5) is -8.62. The van der Waals surface area contributed by atoms with Gasteiger partial charge < -0.3 is 0 Å². The fourth-order valence-electron chi connectivity index (χ4n) is 5.51. The first-order chi connectivity index (χ1) is 26.4. The topological polar surface area (TPSA) is 0 Å². The molecule has 1 aliphatic carbocycles. The van der Waals surface area contributed by atoms with Crippen LogP contribution in [0.15, 0.2) is 66.2 Å². The second-order valence-corrected chi connectivity index (χ2v) is 17.9. The van der Waals surface area contributed by atoms with Crippen molar-refractivity contribution in [2.45, 2.75) is 48.9 Å². The minimum absolute atomic E-state index is 0.00327. The number of halogens is 18. The molecule has 0 nitrogen and oxygen atoms in total. The van der Waals surface area contributed by atoms with E-state index in [0.717, 1.165) is 30.3 Å². The quantitative estimate of drug-likeness (QED) is 0.116. The summed E-state index contributed by atoms with van der Waals surface area (Å²) in [6, 6.07) is 5.89. The third-order valence-electron chi connectivity index (χ3n) is 8.14. The van der Waals surface area contributed by atoms with Crippen molar-refractivity contribution >= 4 is 91.4 Å². The Kier molecular flexibility index (Phi) is 11.3. The van der Waals surface area contributed by atoms with Gasteiger partial charge in [0.25, 0.3) is 0 Å². The van der Waals surface area contributed by atoms with Gasteiger partial charge in [0, 0.05) is 56.5 Å². The van der Waals surface area contributed by atoms with E-state index < -0.39 is 120 Å². The van der Waals surface area contributed by atoms with E-state index in [0.29, 0.717) is 36.4 Å². The largest absolute Gasteiger partial charge is 0.425 e. The standard InChI is InChI=1S/C34H14F18S6/c35-28(36)16(2-3-17(53)19-5-9-24(56-19)32(45,46)47)26(29(37,38)34(28,51)52)15-12-21(20-6-10-25(57-20)33(48,49)50)58-27(15)14(18-4-8-23(55-18)31(42,43)44)11-13-1-7-22(54-13)30(39,40)41/h1,3-12,53H,2H2/b14-11+,17-3-. The maximum Gasteiger partial charge on any atom is 0.425 e. The summed E-state index contributed by atoms with van der Waals surface area (Å²) in [6.45, 7) is 0. The fourth-order valence-corrected chi connectivity index (χ4v) is 10.6. The summed E-state index contributed by atoms with van der Waals surface area (Å²) in [6.07, 6.45) is -20.1. The molecular formula is C34H14F18S6. The van der Waals surface area contributed by atoms with Crippen LogP contribution in [-0.2, 0) is 24.7 Å². The number of thiophene rings is 5. The van der Waals surface area contributed by atoms with Crippen LogP contribution in [0.4, 0.5) is 79.0 Å². The van der Waals surface area contributed by atoms with E-state index >= 15 is 26.3 Å². The molecular weight excluding hydrogens is 943 g/mol. The molecule has 6 rings (SSSR count). The Balaban J connectivity index is 1.66. The average molecular weight is 957 g/mol. The second kappa shape index (κ2) is 14.8. The van der Waals surface area contributed by atoms with E-state index in [2.05, 4.69) is 12.6 Å². The lowest BCUT2D eigenvalue weighted by Crippen LogP contribution is -2.49. The number of rotatable bonds is 8. The molecule has 0 saturated heterocycles. The summed E-state index contributed by atoms with van der Waals surface area (Å²) in [5.74, 6) is -17.9. The molecule has 0 amide bonds. The first-order valence-electron chi connectivity index (χ1n) is 15.3. The zero-order valence-corrected chi connectivity index (χ0v) is 32.3. The predicted molar refractivity (Wildman–Crippen MR) is 191 cm³/mol. The number of hydrogen-bond acceptors (Lipinski definition) is 6. The molecule has 0 spiro atoms. The van der Waals surface area contributed by atoms with E-state index in [-0.39, 0.29) is 61.6 Å². The molecule has 5 heterocycles. The van der Waals surface area contributed by atoms with Gasteiger partial charge in [0.2, 0.25) is 0 Å². The molecule has 312 valence electrons. The van der Waals surface area contributed by atoms with Crippen LogP contribution in [0.5, 0.6) is 0 Å². The Labute approximate surface area is 338 Å². The highest BCUT2D eigenvalue weighted by molar-refractivity contribution is 7.90. The summed E-state index contributed by atoms with van der Waals surface area (Å²) in [7, 11) is 0. The molecule has 0 N–H and O–H groups in total. The molecule has 0 aliphatic heterocycles. The van der Waals surface area contributed by atoms with Gasteiger partial charge in [-0.1, -0.05) is 6.08 Å². The van der Waals surface area contributed by atoms with Gasteiger partial charge in [0.1, 0.15) is 19.5 Å². The van der Waals surface area contributed by atoms with Crippen molar-refractivity contribution in [3.05, 3.63) is 111 Å². The van der Waals surface area contributed by atoms with Gasteiger partial charge in [0.15, 0.2) is 0 Å². The third kappa shape index (κ3) is 8.16. The number of thiol groups is 1. The zero-order chi connectivity index (χ0) is 43.2. The smallest absolute Gasteiger partial charge is 0.194 e. The van der Waals surface area contributed by atoms with Crippen molar-refractivity contribution in [3.8, 4) is 9.75 Å². The maximum absolute atomic E-state index is 16.1. The molecule has 0 atom stereocenters. The number of allylic oxidation sites excluding steroid dienone is 3. The second-order valence-electron chi connectivity index (χ2n) is 12.0. The molecule has 58 heavy (non-hydrogen) atoms. The van der Waals surface area contributed by atoms with Crippen LogP contribution in [0.3, 0.4) is 0 Å². The molecule has 0 aromatic carbocycles. The lowest BCUT2D eigenvalue weighted by molar-refractivity contribution is -0.260. The molecule has 0 saturated carbocycles. The normalized spacial score (nSPS) is 17.8. The Morgan fingerprint density at radius 2 is 1.03 bits per heavy atom. The Morgan fingerprint density at radius 1 is 0.552 bits per heavy atom. The van der Waals surface area contributed by atoms with Gasteiger partial charge in [-0.25, -0.2) is 0 Å². The van der Waals surface area contributed by atoms with Crippen LogP contribution >= 0.6 is 69.3 Å². The van der Waals surface area contributed by atoms with Crippen molar-refractivity contribution in [2.75, 3.05) is 0 Å². The van der Waals surface area contributed by atoms with E-state index in [1.54, 1.807) is 0 Å². The van der Waals surface area contributed by atoms with E-state index in [1.807, 2.05) is 0 Å². The third-order valence-corrected chi connectivity index (χ3v) is 14.6. The average Bonchev–Trinajstić information content (AvgIpc) is 3.92. The molecule has 0 fully saturated rings. The van der Waals surface area contributed by atoms with Crippen molar-refractivity contribution in [1.29, 1.82) is 0 Å². The molecule has 1 aliphatic rings. The SMILES string of the molecule is FC(F)(F)c1ccc(/C=C(\c2ccc(C(F)(F)F)s2)c2sc(-c3ccc(C(F)(F)F)s3)cc2C2=C(C/C=C(\S)c3ccc(C(F)(F)F)s3)C(F)(F)C(F)(F)C2(F)F)s1. The highest BCUT2D eigenvalue weighted by Crippen LogP contribution is 2.64. The van der Waals surface area contributed by atoms with E-state index in [4.69, 9.17) is 0 Å². The monoisotopic (exact) mass is 956 g/mol. The van der Waals surface area contributed by atoms with Gasteiger partial charge >= 0.3 is 42.5 Å². The molecule has 0 bridgehead atoms. The van der Waals surface area contributed by atoms with Crippen LogP contribution in [0.2, 0.25) is 0 Å². The highest BCUT2D eigenvalue weighted by Gasteiger charge is 2.80. The van der Waals surface area contributed by atoms with E-state index in [1.165, 1.54) is 0 Å². The highest BCUT2D eigenvalue weighted by atomic mass is 32.1. The van der Waals surface area contributed by atoms with Crippen LogP contribution in [0.25, 0.3) is 31.9 Å². The molecule has 5 aromatic rings. The zero-order valence-electron chi connectivity index (χ0n) is 27.3. The lowest BCUT2D eigenvalue weighted by Gasteiger charge is -2.26. The predicted octanol–water partition coefficient (Wildman–Crippen LogP) is 16.4. The number of hydrogen-bond donors (Lipinski definition) is 1. The summed E-state index contributed by atoms with van der Waals surface area (Å²) in [5, 5.41) is 0. The Morgan fingerprint density at radius 3 is 1.55 bits per heavy atom. The van der Waals surface area contributed by atoms with Gasteiger partial charge in [-0.3, -0.25) is 0 Å². The van der Waals surface area contributed by atoms with Crippen LogP contribution in [0.1, 0.15) is 51.0 Å². The Bertz CT molecular complexity index is 2430. The Hall–Kier alpha value is -3.19. The fraction of sp³-hybridized carbons (Fsp3) is 0.235. The molecule has 0 unspecified atom stereocenters. The van der Waals surface area contributed by atoms with Crippen LogP contribution < -0.4 is 0 Å². The first kappa shape index (κ1) is 44.4. The molecule has 0 radical (unpaired) electrons. The molecule has 24 heteroatoms. The summed E-state index contributed by atoms with van der Waals surface area (Å²) < 4.78 is 256. The van der Waals surface area contributed by atoms with Gasteiger partial charge in [-0.05, 0) is 67.1 Å². The van der Waals surface area contributed by atoms with Crippen molar-refractivity contribution < 1.29 is 79.0 Å². The maximum atomic E-state index is 16.1. The van der Waals surface area contributed by atoms with Crippen molar-refractivity contribution in [2.24, 2.45) is 0 Å². The van der Waals surface area contributed by atoms with E-state index in [9.17, 15) is 52.7 Å². The minimum atomic E-state index is -6.25. The minimum Gasteiger partial charge on any atom is -0.194 e. The number of alkyl halides is 18. The van der Waals surface area contributed by atoms with Gasteiger partial charge in [-0.2, -0.15) is 79.0 Å². The van der Waals surface area contributed by atoms with Crippen LogP contribution in [0, 0.1) is 0 Å². The summed E-state index contributed by atoms with van der Waals surface area (Å²) >= 11 is 4.08. The first-order valence-corrected chi connectivity index (χ1v) is 19.8. The molecule has 5 aromatic heterocycles. The lowest BCUT2D eigenvalue weighted by atomic mass is 9.94. The van der Waals surface area contributed by atoms with Crippen molar-refractivity contribution in [3.63, 3.8) is 0 Å². The van der Waals surface area contributed by atoms with Gasteiger partial charge in [-0.15, -0.1) is 69.3 Å². The van der Waals surface area contributed by atoms with Crippen LogP contribution in [-0.4, -0.2) is 17.8 Å². The summed E-state index contributed by atoms with van der Waals surface area (Å²) in [5.41, 5.74) is -6.09.